The Morgan fingerprint density at radius 1 is 1.38 bits per heavy atom. The summed E-state index contributed by atoms with van der Waals surface area (Å²) in [7, 11) is 0. The van der Waals surface area contributed by atoms with E-state index in [1.165, 1.54) is 12.1 Å². The van der Waals surface area contributed by atoms with E-state index >= 15 is 0 Å². The van der Waals surface area contributed by atoms with Crippen LogP contribution in [0, 0.1) is 15.5 Å². The summed E-state index contributed by atoms with van der Waals surface area (Å²) in [4.78, 5) is 22.5. The second kappa shape index (κ2) is 7.06. The lowest BCUT2D eigenvalue weighted by Gasteiger charge is -2.25. The number of hydrazone groups is 1. The Morgan fingerprint density at radius 3 is 2.67 bits per heavy atom. The predicted molar refractivity (Wildman–Crippen MR) is 91.4 cm³/mol. The van der Waals surface area contributed by atoms with Crippen molar-refractivity contribution in [2.75, 3.05) is 0 Å². The number of hydrogen-bond acceptors (Lipinski definition) is 6. The van der Waals surface area contributed by atoms with Crippen molar-refractivity contribution in [1.29, 1.82) is 0 Å². The van der Waals surface area contributed by atoms with Crippen LogP contribution in [0.4, 0.5) is 5.69 Å². The number of carbonyl (C=O) groups excluding carboxylic acids is 1. The Morgan fingerprint density at radius 2 is 2.08 bits per heavy atom. The van der Waals surface area contributed by atoms with Gasteiger partial charge in [0.05, 0.1) is 10.6 Å². The number of hydrogen-bond donors (Lipinski definition) is 3. The maximum Gasteiger partial charge on any atom is 0.270 e. The number of nitro groups is 1. The van der Waals surface area contributed by atoms with Gasteiger partial charge in [-0.25, -0.2) is 10.9 Å². The fraction of sp³-hybridized carbons (Fsp3) is 0.500. The van der Waals surface area contributed by atoms with Gasteiger partial charge in [-0.15, -0.1) is 0 Å². The predicted octanol–water partition coefficient (Wildman–Crippen LogP) is 1.72. The molecule has 1 aliphatic heterocycles. The van der Waals surface area contributed by atoms with Crippen LogP contribution in [-0.2, 0) is 4.79 Å². The highest BCUT2D eigenvalue weighted by Crippen LogP contribution is 2.25. The second-order valence-electron chi connectivity index (χ2n) is 6.98. The molecule has 0 aromatic heterocycles. The standard InChI is InChI=1S/C16H23N5O3/c1-10(11-6-5-7-12(8-11)21(23)24)17-20-15(22)13-9-14(19-18-13)16(2,3)4/h5-8,13-14,18-19H,9H2,1-4H3,(H,20,22)/b17-10-. The summed E-state index contributed by atoms with van der Waals surface area (Å²) in [6, 6.07) is 5.96. The lowest BCUT2D eigenvalue weighted by atomic mass is 9.84. The van der Waals surface area contributed by atoms with Crippen molar-refractivity contribution in [2.45, 2.75) is 46.2 Å². The minimum absolute atomic E-state index is 0.0111. The fourth-order valence-corrected chi connectivity index (χ4v) is 2.42. The van der Waals surface area contributed by atoms with Crippen molar-refractivity contribution < 1.29 is 9.72 Å². The van der Waals surface area contributed by atoms with E-state index in [2.05, 4.69) is 42.1 Å². The lowest BCUT2D eigenvalue weighted by Crippen LogP contribution is -2.43. The fourth-order valence-electron chi connectivity index (χ4n) is 2.42. The van der Waals surface area contributed by atoms with Gasteiger partial charge >= 0.3 is 0 Å². The molecule has 2 rings (SSSR count). The van der Waals surface area contributed by atoms with Gasteiger partial charge in [-0.05, 0) is 18.8 Å². The molecule has 0 saturated carbocycles. The molecule has 3 N–H and O–H groups in total. The Bertz CT molecular complexity index is 666. The molecule has 1 aliphatic rings. The van der Waals surface area contributed by atoms with Gasteiger partial charge in [-0.2, -0.15) is 5.10 Å². The second-order valence-corrected chi connectivity index (χ2v) is 6.98. The van der Waals surface area contributed by atoms with E-state index in [0.717, 1.165) is 0 Å². The van der Waals surface area contributed by atoms with Gasteiger partial charge in [0.25, 0.3) is 11.6 Å². The minimum Gasteiger partial charge on any atom is -0.271 e. The Labute approximate surface area is 140 Å². The SMILES string of the molecule is C/C(=N/NC(=O)C1CC(C(C)(C)C)NN1)c1cccc([N+](=O)[O-])c1. The van der Waals surface area contributed by atoms with Crippen molar-refractivity contribution in [3.05, 3.63) is 39.9 Å². The number of nitrogens with one attached hydrogen (secondary N) is 3. The molecule has 0 bridgehead atoms. The molecule has 1 aromatic rings. The van der Waals surface area contributed by atoms with Gasteiger partial charge in [0.2, 0.25) is 0 Å². The van der Waals surface area contributed by atoms with Crippen LogP contribution >= 0.6 is 0 Å². The van der Waals surface area contributed by atoms with Crippen molar-refractivity contribution in [2.24, 2.45) is 10.5 Å². The highest BCUT2D eigenvalue weighted by Gasteiger charge is 2.35. The third kappa shape index (κ3) is 4.36. The number of rotatable bonds is 4. The Balaban J connectivity index is 1.99. The molecule has 8 heteroatoms. The highest BCUT2D eigenvalue weighted by molar-refractivity contribution is 5.99. The van der Waals surface area contributed by atoms with E-state index in [9.17, 15) is 14.9 Å². The zero-order valence-electron chi connectivity index (χ0n) is 14.3. The Kier molecular flexibility index (Phi) is 5.30. The first-order valence-corrected chi connectivity index (χ1v) is 7.78. The molecule has 0 aliphatic carbocycles. The topological polar surface area (TPSA) is 109 Å². The highest BCUT2D eigenvalue weighted by atomic mass is 16.6. The molecule has 1 aromatic carbocycles. The summed E-state index contributed by atoms with van der Waals surface area (Å²) in [5.41, 5.74) is 9.76. The summed E-state index contributed by atoms with van der Waals surface area (Å²) in [6.07, 6.45) is 0.667. The molecule has 24 heavy (non-hydrogen) atoms. The first-order chi connectivity index (χ1) is 11.2. The van der Waals surface area contributed by atoms with Crippen molar-refractivity contribution in [3.63, 3.8) is 0 Å². The molecule has 0 spiro atoms. The number of nitrogens with zero attached hydrogens (tertiary/aromatic N) is 2. The summed E-state index contributed by atoms with van der Waals surface area (Å²) in [5, 5.41) is 14.9. The molecule has 1 saturated heterocycles. The smallest absolute Gasteiger partial charge is 0.270 e. The molecule has 1 fully saturated rings. The molecule has 1 amide bonds. The molecule has 8 nitrogen and oxygen atoms in total. The van der Waals surface area contributed by atoms with Gasteiger partial charge in [-0.1, -0.05) is 32.9 Å². The number of nitro benzene ring substituents is 1. The molecule has 1 heterocycles. The number of hydrazine groups is 1. The van der Waals surface area contributed by atoms with E-state index < -0.39 is 4.92 Å². The van der Waals surface area contributed by atoms with Crippen LogP contribution in [0.3, 0.4) is 0 Å². The van der Waals surface area contributed by atoms with E-state index in [4.69, 9.17) is 0 Å². The molecule has 130 valence electrons. The van der Waals surface area contributed by atoms with Gasteiger partial charge < -0.3 is 0 Å². The minimum atomic E-state index is -0.462. The van der Waals surface area contributed by atoms with E-state index in [0.29, 0.717) is 17.7 Å². The van der Waals surface area contributed by atoms with Crippen LogP contribution < -0.4 is 16.3 Å². The number of benzene rings is 1. The zero-order valence-corrected chi connectivity index (χ0v) is 14.3. The molecular formula is C16H23N5O3. The third-order valence-electron chi connectivity index (χ3n) is 4.07. The summed E-state index contributed by atoms with van der Waals surface area (Å²) < 4.78 is 0. The van der Waals surface area contributed by atoms with Gasteiger partial charge in [0, 0.05) is 23.7 Å². The first-order valence-electron chi connectivity index (χ1n) is 7.78. The van der Waals surface area contributed by atoms with Crippen molar-refractivity contribution in [3.8, 4) is 0 Å². The van der Waals surface area contributed by atoms with Crippen molar-refractivity contribution in [1.82, 2.24) is 16.3 Å². The van der Waals surface area contributed by atoms with Crippen molar-refractivity contribution >= 4 is 17.3 Å². The van der Waals surface area contributed by atoms with Crippen LogP contribution in [0.15, 0.2) is 29.4 Å². The van der Waals surface area contributed by atoms with Gasteiger partial charge in [0.1, 0.15) is 6.04 Å². The normalized spacial score (nSPS) is 21.6. The lowest BCUT2D eigenvalue weighted by molar-refractivity contribution is -0.384. The van der Waals surface area contributed by atoms with Crippen LogP contribution in [0.2, 0.25) is 0 Å². The van der Waals surface area contributed by atoms with Gasteiger partial charge in [-0.3, -0.25) is 20.3 Å². The number of amides is 1. The number of carbonyl (C=O) groups is 1. The maximum absolute atomic E-state index is 12.2. The Hall–Kier alpha value is -2.32. The number of non-ortho nitro benzene ring substituents is 1. The molecular weight excluding hydrogens is 310 g/mol. The first kappa shape index (κ1) is 18.0. The molecule has 2 unspecified atom stereocenters. The average Bonchev–Trinajstić information content (AvgIpc) is 3.02. The van der Waals surface area contributed by atoms with E-state index in [1.807, 2.05) is 0 Å². The monoisotopic (exact) mass is 333 g/mol. The molecule has 2 atom stereocenters. The van der Waals surface area contributed by atoms with Gasteiger partial charge in [0.15, 0.2) is 0 Å². The van der Waals surface area contributed by atoms with Crippen LogP contribution in [0.5, 0.6) is 0 Å². The van der Waals surface area contributed by atoms with Crippen LogP contribution in [-0.4, -0.2) is 28.6 Å². The average molecular weight is 333 g/mol. The van der Waals surface area contributed by atoms with E-state index in [1.54, 1.807) is 19.1 Å². The summed E-state index contributed by atoms with van der Waals surface area (Å²) >= 11 is 0. The zero-order chi connectivity index (χ0) is 17.9. The van der Waals surface area contributed by atoms with Crippen LogP contribution in [0.1, 0.15) is 39.7 Å². The maximum atomic E-state index is 12.2. The quantitative estimate of drug-likeness (QED) is 0.441. The largest absolute Gasteiger partial charge is 0.271 e. The molecule has 0 radical (unpaired) electrons. The summed E-state index contributed by atoms with van der Waals surface area (Å²) in [6.45, 7) is 8.02. The van der Waals surface area contributed by atoms with Crippen LogP contribution in [0.25, 0.3) is 0 Å². The summed E-state index contributed by atoms with van der Waals surface area (Å²) in [5.74, 6) is -0.237. The third-order valence-corrected chi connectivity index (χ3v) is 4.07. The van der Waals surface area contributed by atoms with E-state index in [-0.39, 0.29) is 29.1 Å².